The predicted molar refractivity (Wildman–Crippen MR) is 201 cm³/mol. The first-order valence-electron chi connectivity index (χ1n) is 19.4. The zero-order valence-electron chi connectivity index (χ0n) is 32.0. The second kappa shape index (κ2) is 20.4. The Labute approximate surface area is 304 Å². The number of hydrogen-bond donors (Lipinski definition) is 1. The van der Waals surface area contributed by atoms with E-state index in [-0.39, 0.29) is 47.8 Å². The zero-order valence-corrected chi connectivity index (χ0v) is 33.0. The van der Waals surface area contributed by atoms with Crippen LogP contribution in [-0.4, -0.2) is 76.8 Å². The molecule has 4 rings (SSSR count). The Morgan fingerprint density at radius 2 is 1.62 bits per heavy atom. The van der Waals surface area contributed by atoms with Crippen LogP contribution in [-0.2, 0) is 23.4 Å². The van der Waals surface area contributed by atoms with Crippen LogP contribution in [0, 0.1) is 23.7 Å². The summed E-state index contributed by atoms with van der Waals surface area (Å²) >= 11 is 0. The Hall–Kier alpha value is -1.90. The number of aliphatic hydroxyl groups excluding tert-OH is 1. The van der Waals surface area contributed by atoms with Crippen molar-refractivity contribution in [2.45, 2.75) is 160 Å². The Balaban J connectivity index is 1.59. The molecule has 50 heavy (non-hydrogen) atoms. The topological polar surface area (TPSA) is 84.8 Å². The van der Waals surface area contributed by atoms with Gasteiger partial charge >= 0.3 is 0 Å². The molecule has 0 radical (unpaired) electrons. The molecule has 0 spiro atoms. The number of ether oxygens (including phenoxy) is 6. The van der Waals surface area contributed by atoms with Gasteiger partial charge in [-0.2, -0.15) is 0 Å². The van der Waals surface area contributed by atoms with Gasteiger partial charge in [-0.05, 0) is 82.1 Å². The van der Waals surface area contributed by atoms with E-state index in [1.165, 1.54) is 12.8 Å². The van der Waals surface area contributed by atoms with Crippen molar-refractivity contribution in [3.05, 3.63) is 36.4 Å². The van der Waals surface area contributed by atoms with Gasteiger partial charge in [-0.15, -0.1) is 0 Å². The Kier molecular flexibility index (Phi) is 16.6. The summed E-state index contributed by atoms with van der Waals surface area (Å²) in [5, 5.41) is 10.3. The van der Waals surface area contributed by atoms with E-state index in [0.29, 0.717) is 38.6 Å². The minimum atomic E-state index is -2.14. The molecule has 8 unspecified atom stereocenters. The highest BCUT2D eigenvalue weighted by Crippen LogP contribution is 2.44. The average Bonchev–Trinajstić information content (AvgIpc) is 3.39. The molecule has 282 valence electrons. The molecule has 0 amide bonds. The Morgan fingerprint density at radius 1 is 0.940 bits per heavy atom. The third-order valence-corrected chi connectivity index (χ3v) is 14.9. The lowest BCUT2D eigenvalue weighted by Crippen LogP contribution is -2.45. The summed E-state index contributed by atoms with van der Waals surface area (Å²) in [5.74, 6) is 7.68. The molecule has 0 bridgehead atoms. The molecule has 2 heterocycles. The van der Waals surface area contributed by atoms with Crippen molar-refractivity contribution < 1.29 is 38.0 Å². The summed E-state index contributed by atoms with van der Waals surface area (Å²) in [6, 6.07) is 7.86. The average molecular weight is 715 g/mol. The monoisotopic (exact) mass is 714 g/mol. The van der Waals surface area contributed by atoms with Crippen molar-refractivity contribution in [2.24, 2.45) is 11.8 Å². The van der Waals surface area contributed by atoms with Crippen molar-refractivity contribution in [1.82, 2.24) is 0 Å². The SMILES string of the molecule is CCCCCCOc1ccccc1OCC(C=CC1C(OC2CCCCO2)CC(O[Si](C)(C)C(C)(C)C)C1C#CC(C)O)OC1CCCCO1. The fourth-order valence-corrected chi connectivity index (χ4v) is 7.83. The normalized spacial score (nSPS) is 27.4. The van der Waals surface area contributed by atoms with Crippen molar-refractivity contribution in [3.63, 3.8) is 0 Å². The second-order valence-electron chi connectivity index (χ2n) is 15.7. The number of benzene rings is 1. The molecule has 1 N–H and O–H groups in total. The van der Waals surface area contributed by atoms with Crippen molar-refractivity contribution in [2.75, 3.05) is 26.4 Å². The highest BCUT2D eigenvalue weighted by Gasteiger charge is 2.48. The van der Waals surface area contributed by atoms with Gasteiger partial charge in [-0.3, -0.25) is 0 Å². The Morgan fingerprint density at radius 3 is 2.24 bits per heavy atom. The van der Waals surface area contributed by atoms with Crippen LogP contribution in [0.2, 0.25) is 18.1 Å². The minimum Gasteiger partial charge on any atom is -0.490 e. The van der Waals surface area contributed by atoms with Crippen LogP contribution >= 0.6 is 0 Å². The smallest absolute Gasteiger partial charge is 0.192 e. The van der Waals surface area contributed by atoms with Crippen LogP contribution in [0.25, 0.3) is 0 Å². The maximum absolute atomic E-state index is 10.2. The molecule has 8 nitrogen and oxygen atoms in total. The third kappa shape index (κ3) is 12.9. The molecule has 2 aliphatic heterocycles. The molecule has 1 saturated carbocycles. The summed E-state index contributed by atoms with van der Waals surface area (Å²) in [4.78, 5) is 0. The van der Waals surface area contributed by atoms with Gasteiger partial charge in [-0.1, -0.05) is 83.1 Å². The van der Waals surface area contributed by atoms with E-state index < -0.39 is 14.4 Å². The number of para-hydroxylation sites is 2. The summed E-state index contributed by atoms with van der Waals surface area (Å²) in [6.45, 7) is 17.6. The fraction of sp³-hybridized carbons (Fsp3) is 0.756. The van der Waals surface area contributed by atoms with Gasteiger partial charge in [0.2, 0.25) is 0 Å². The first-order chi connectivity index (χ1) is 24.0. The van der Waals surface area contributed by atoms with Crippen LogP contribution in [0.4, 0.5) is 0 Å². The highest BCUT2D eigenvalue weighted by molar-refractivity contribution is 6.74. The second-order valence-corrected chi connectivity index (χ2v) is 20.5. The fourth-order valence-electron chi connectivity index (χ4n) is 6.48. The molecule has 1 aromatic carbocycles. The van der Waals surface area contributed by atoms with Crippen LogP contribution in [0.3, 0.4) is 0 Å². The minimum absolute atomic E-state index is 0.0395. The Bertz CT molecular complexity index is 1200. The zero-order chi connectivity index (χ0) is 36.0. The summed E-state index contributed by atoms with van der Waals surface area (Å²) in [7, 11) is -2.14. The largest absolute Gasteiger partial charge is 0.490 e. The number of aliphatic hydroxyl groups is 1. The standard InChI is InChI=1S/C41H66O8Si/c1-8-9-10-15-26-43-35-18-11-12-19-36(35)46-30-32(47-39-20-13-16-27-44-39)23-25-33-34(24-22-31(2)42)38(49-50(6,7)41(3,4)5)29-37(33)48-40-21-14-17-28-45-40/h11-12,18-19,23,25,31-34,37-40,42H,8-10,13-17,20-21,26-30H2,1-7H3. The van der Waals surface area contributed by atoms with E-state index in [9.17, 15) is 5.11 Å². The molecule has 3 aliphatic rings. The van der Waals surface area contributed by atoms with Gasteiger partial charge < -0.3 is 38.0 Å². The molecule has 2 saturated heterocycles. The van der Waals surface area contributed by atoms with Gasteiger partial charge in [0.25, 0.3) is 0 Å². The van der Waals surface area contributed by atoms with Crippen molar-refractivity contribution in [3.8, 4) is 23.3 Å². The van der Waals surface area contributed by atoms with E-state index in [1.807, 2.05) is 24.3 Å². The van der Waals surface area contributed by atoms with Crippen LogP contribution in [0.5, 0.6) is 11.5 Å². The van der Waals surface area contributed by atoms with Gasteiger partial charge in [0.05, 0.1) is 24.7 Å². The molecule has 3 fully saturated rings. The molecule has 1 aliphatic carbocycles. The van der Waals surface area contributed by atoms with Gasteiger partial charge in [-0.25, -0.2) is 0 Å². The van der Waals surface area contributed by atoms with Gasteiger partial charge in [0, 0.05) is 25.6 Å². The van der Waals surface area contributed by atoms with Crippen molar-refractivity contribution in [1.29, 1.82) is 0 Å². The number of hydrogen-bond acceptors (Lipinski definition) is 8. The highest BCUT2D eigenvalue weighted by atomic mass is 28.4. The molecular formula is C41H66O8Si. The van der Waals surface area contributed by atoms with E-state index in [0.717, 1.165) is 57.1 Å². The third-order valence-electron chi connectivity index (χ3n) is 10.4. The first-order valence-corrected chi connectivity index (χ1v) is 22.3. The molecule has 9 heteroatoms. The maximum atomic E-state index is 10.2. The molecule has 0 aromatic heterocycles. The lowest BCUT2D eigenvalue weighted by molar-refractivity contribution is -0.193. The van der Waals surface area contributed by atoms with Gasteiger partial charge in [0.1, 0.15) is 18.8 Å². The predicted octanol–water partition coefficient (Wildman–Crippen LogP) is 8.82. The van der Waals surface area contributed by atoms with Crippen LogP contribution in [0.15, 0.2) is 36.4 Å². The van der Waals surface area contributed by atoms with E-state index >= 15 is 0 Å². The molecule has 8 atom stereocenters. The van der Waals surface area contributed by atoms with Gasteiger partial charge in [0.15, 0.2) is 32.4 Å². The van der Waals surface area contributed by atoms with Crippen LogP contribution in [0.1, 0.15) is 105 Å². The lowest BCUT2D eigenvalue weighted by atomic mass is 9.93. The number of unbranched alkanes of at least 4 members (excludes halogenated alkanes) is 3. The van der Waals surface area contributed by atoms with Crippen molar-refractivity contribution >= 4 is 8.32 Å². The molecular weight excluding hydrogens is 649 g/mol. The number of rotatable bonds is 17. The quantitative estimate of drug-likeness (QED) is 0.0742. The lowest BCUT2D eigenvalue weighted by Gasteiger charge is -2.39. The van der Waals surface area contributed by atoms with Crippen LogP contribution < -0.4 is 9.47 Å². The maximum Gasteiger partial charge on any atom is 0.192 e. The summed E-state index contributed by atoms with van der Waals surface area (Å²) in [5.41, 5.74) is 0. The van der Waals surface area contributed by atoms with E-state index in [4.69, 9.17) is 32.8 Å². The van der Waals surface area contributed by atoms with E-state index in [2.05, 4.69) is 64.8 Å². The summed E-state index contributed by atoms with van der Waals surface area (Å²) < 4.78 is 45.0. The van der Waals surface area contributed by atoms with E-state index in [1.54, 1.807) is 6.92 Å². The summed E-state index contributed by atoms with van der Waals surface area (Å²) in [6.07, 6.45) is 13.6. The first kappa shape index (κ1) is 40.9. The molecule has 1 aromatic rings.